The molecular formula is C24H29NO5. The molecular weight excluding hydrogens is 382 g/mol. The van der Waals surface area contributed by atoms with Crippen LogP contribution in [0.4, 0.5) is 5.69 Å². The van der Waals surface area contributed by atoms with Gasteiger partial charge in [-0.25, -0.2) is 4.79 Å². The van der Waals surface area contributed by atoms with E-state index in [0.717, 1.165) is 16.8 Å². The Hall–Kier alpha value is -3.28. The summed E-state index contributed by atoms with van der Waals surface area (Å²) >= 11 is 0. The first-order chi connectivity index (χ1) is 14.3. The summed E-state index contributed by atoms with van der Waals surface area (Å²) in [7, 11) is 1.55. The van der Waals surface area contributed by atoms with Crippen LogP contribution in [0.15, 0.2) is 48.5 Å². The molecule has 0 bridgehead atoms. The molecule has 160 valence electrons. The van der Waals surface area contributed by atoms with Gasteiger partial charge in [0.15, 0.2) is 17.6 Å². The summed E-state index contributed by atoms with van der Waals surface area (Å²) in [4.78, 5) is 24.6. The first-order valence-electron chi connectivity index (χ1n) is 9.95. The largest absolute Gasteiger partial charge is 0.493 e. The highest BCUT2D eigenvalue weighted by Gasteiger charge is 2.18. The summed E-state index contributed by atoms with van der Waals surface area (Å²) in [6.45, 7) is 8.06. The van der Waals surface area contributed by atoms with E-state index in [1.165, 1.54) is 6.08 Å². The molecule has 0 fully saturated rings. The van der Waals surface area contributed by atoms with Crippen LogP contribution >= 0.6 is 0 Å². The van der Waals surface area contributed by atoms with Crippen LogP contribution in [0, 0.1) is 0 Å². The van der Waals surface area contributed by atoms with Gasteiger partial charge in [0, 0.05) is 11.8 Å². The Bertz CT molecular complexity index is 904. The fourth-order valence-electron chi connectivity index (χ4n) is 2.84. The molecule has 0 aliphatic rings. The van der Waals surface area contributed by atoms with Crippen LogP contribution in [0.25, 0.3) is 6.08 Å². The number of rotatable bonds is 9. The molecule has 0 saturated carbocycles. The van der Waals surface area contributed by atoms with Crippen molar-refractivity contribution in [2.24, 2.45) is 0 Å². The average molecular weight is 411 g/mol. The van der Waals surface area contributed by atoms with Gasteiger partial charge in [-0.05, 0) is 55.2 Å². The minimum absolute atomic E-state index is 0.258. The molecule has 1 atom stereocenters. The van der Waals surface area contributed by atoms with Crippen molar-refractivity contribution in [1.82, 2.24) is 0 Å². The summed E-state index contributed by atoms with van der Waals surface area (Å²) < 4.78 is 16.0. The van der Waals surface area contributed by atoms with Gasteiger partial charge in [-0.1, -0.05) is 38.1 Å². The van der Waals surface area contributed by atoms with E-state index in [1.54, 1.807) is 38.3 Å². The van der Waals surface area contributed by atoms with Crippen LogP contribution in [0.5, 0.6) is 11.5 Å². The van der Waals surface area contributed by atoms with Crippen molar-refractivity contribution >= 4 is 23.6 Å². The maximum atomic E-state index is 12.4. The van der Waals surface area contributed by atoms with Crippen LogP contribution in [-0.4, -0.2) is 31.7 Å². The second kappa shape index (κ2) is 11.0. The van der Waals surface area contributed by atoms with Crippen molar-refractivity contribution < 1.29 is 23.8 Å². The number of benzene rings is 2. The first kappa shape index (κ1) is 23.0. The Balaban J connectivity index is 1.98. The van der Waals surface area contributed by atoms with Gasteiger partial charge >= 0.3 is 5.97 Å². The number of nitrogens with one attached hydrogen (secondary N) is 1. The Labute approximate surface area is 177 Å². The number of hydrogen-bond donors (Lipinski definition) is 1. The number of para-hydroxylation sites is 1. The van der Waals surface area contributed by atoms with Gasteiger partial charge in [-0.15, -0.1) is 0 Å². The summed E-state index contributed by atoms with van der Waals surface area (Å²) in [6.07, 6.45) is 1.94. The normalized spacial score (nSPS) is 11.9. The Morgan fingerprint density at radius 3 is 2.47 bits per heavy atom. The quantitative estimate of drug-likeness (QED) is 0.474. The summed E-state index contributed by atoms with van der Waals surface area (Å²) in [5.41, 5.74) is 2.49. The maximum absolute atomic E-state index is 12.4. The van der Waals surface area contributed by atoms with E-state index < -0.39 is 12.1 Å². The standard InChI is InChI=1S/C24H29NO5/c1-6-29-21-13-11-18(15-22(21)28-5)12-14-23(26)30-17(4)24(27)25-20-10-8-7-9-19(20)16(2)3/h7-17H,6H2,1-5H3,(H,25,27)/b14-12+/t17-/m0/s1. The topological polar surface area (TPSA) is 73.9 Å². The lowest BCUT2D eigenvalue weighted by Crippen LogP contribution is -2.29. The van der Waals surface area contributed by atoms with Crippen LogP contribution in [0.3, 0.4) is 0 Å². The number of carbonyl (C=O) groups is 2. The number of carbonyl (C=O) groups excluding carboxylic acids is 2. The molecule has 0 saturated heterocycles. The van der Waals surface area contributed by atoms with Gasteiger partial charge < -0.3 is 19.5 Å². The predicted octanol–water partition coefficient (Wildman–Crippen LogP) is 4.80. The molecule has 2 rings (SSSR count). The molecule has 0 aromatic heterocycles. The van der Waals surface area contributed by atoms with E-state index >= 15 is 0 Å². The number of methoxy groups -OCH3 is 1. The lowest BCUT2D eigenvalue weighted by Gasteiger charge is -2.16. The minimum atomic E-state index is -0.933. The molecule has 0 unspecified atom stereocenters. The van der Waals surface area contributed by atoms with Crippen LogP contribution in [0.1, 0.15) is 44.7 Å². The van der Waals surface area contributed by atoms with E-state index in [9.17, 15) is 9.59 Å². The second-order valence-electron chi connectivity index (χ2n) is 6.99. The molecule has 0 heterocycles. The fraction of sp³-hybridized carbons (Fsp3) is 0.333. The SMILES string of the molecule is CCOc1ccc(/C=C/C(=O)O[C@@H](C)C(=O)Nc2ccccc2C(C)C)cc1OC. The third-order valence-electron chi connectivity index (χ3n) is 4.40. The summed E-state index contributed by atoms with van der Waals surface area (Å²) in [5, 5.41) is 2.83. The second-order valence-corrected chi connectivity index (χ2v) is 6.99. The van der Waals surface area contributed by atoms with E-state index in [2.05, 4.69) is 19.2 Å². The van der Waals surface area contributed by atoms with E-state index in [4.69, 9.17) is 14.2 Å². The highest BCUT2D eigenvalue weighted by atomic mass is 16.5. The zero-order valence-corrected chi connectivity index (χ0v) is 18.1. The lowest BCUT2D eigenvalue weighted by atomic mass is 10.0. The summed E-state index contributed by atoms with van der Waals surface area (Å²) in [5.74, 6) is 0.472. The number of amides is 1. The van der Waals surface area contributed by atoms with Gasteiger partial charge in [0.05, 0.1) is 13.7 Å². The monoisotopic (exact) mass is 411 g/mol. The predicted molar refractivity (Wildman–Crippen MR) is 118 cm³/mol. The van der Waals surface area contributed by atoms with Crippen LogP contribution in [0.2, 0.25) is 0 Å². The molecule has 30 heavy (non-hydrogen) atoms. The molecule has 1 amide bonds. The highest BCUT2D eigenvalue weighted by Crippen LogP contribution is 2.28. The Kier molecular flexibility index (Phi) is 8.47. The van der Waals surface area contributed by atoms with Gasteiger partial charge in [0.1, 0.15) is 0 Å². The molecule has 1 N–H and O–H groups in total. The maximum Gasteiger partial charge on any atom is 0.331 e. The smallest absolute Gasteiger partial charge is 0.331 e. The van der Waals surface area contributed by atoms with Gasteiger partial charge in [0.2, 0.25) is 0 Å². The van der Waals surface area contributed by atoms with E-state index in [1.807, 2.05) is 31.2 Å². The van der Waals surface area contributed by atoms with Gasteiger partial charge in [-0.3, -0.25) is 4.79 Å². The van der Waals surface area contributed by atoms with Crippen molar-refractivity contribution in [3.8, 4) is 11.5 Å². The molecule has 0 aliphatic heterocycles. The Morgan fingerprint density at radius 2 is 1.80 bits per heavy atom. The molecule has 6 heteroatoms. The fourth-order valence-corrected chi connectivity index (χ4v) is 2.84. The molecule has 2 aromatic rings. The number of hydrogen-bond acceptors (Lipinski definition) is 5. The number of ether oxygens (including phenoxy) is 3. The molecule has 0 aliphatic carbocycles. The van der Waals surface area contributed by atoms with Crippen LogP contribution < -0.4 is 14.8 Å². The Morgan fingerprint density at radius 1 is 1.07 bits per heavy atom. The molecule has 2 aromatic carbocycles. The van der Waals surface area contributed by atoms with Gasteiger partial charge in [-0.2, -0.15) is 0 Å². The minimum Gasteiger partial charge on any atom is -0.493 e. The molecule has 0 radical (unpaired) electrons. The average Bonchev–Trinajstić information content (AvgIpc) is 2.73. The third-order valence-corrected chi connectivity index (χ3v) is 4.40. The number of esters is 1. The zero-order chi connectivity index (χ0) is 22.1. The lowest BCUT2D eigenvalue weighted by molar-refractivity contribution is -0.148. The van der Waals surface area contributed by atoms with E-state index in [0.29, 0.717) is 18.1 Å². The van der Waals surface area contributed by atoms with Crippen molar-refractivity contribution in [1.29, 1.82) is 0 Å². The summed E-state index contributed by atoms with van der Waals surface area (Å²) in [6, 6.07) is 12.9. The van der Waals surface area contributed by atoms with Crippen molar-refractivity contribution in [2.45, 2.75) is 39.7 Å². The molecule has 6 nitrogen and oxygen atoms in total. The zero-order valence-electron chi connectivity index (χ0n) is 18.1. The van der Waals surface area contributed by atoms with Gasteiger partial charge in [0.25, 0.3) is 5.91 Å². The molecule has 0 spiro atoms. The van der Waals surface area contributed by atoms with Crippen LogP contribution in [-0.2, 0) is 14.3 Å². The number of anilines is 1. The highest BCUT2D eigenvalue weighted by molar-refractivity contribution is 5.97. The van der Waals surface area contributed by atoms with Crippen molar-refractivity contribution in [3.63, 3.8) is 0 Å². The van der Waals surface area contributed by atoms with Crippen molar-refractivity contribution in [2.75, 3.05) is 19.0 Å². The van der Waals surface area contributed by atoms with E-state index in [-0.39, 0.29) is 11.8 Å². The third kappa shape index (κ3) is 6.37. The first-order valence-corrected chi connectivity index (χ1v) is 9.95. The van der Waals surface area contributed by atoms with Crippen molar-refractivity contribution in [3.05, 3.63) is 59.7 Å².